The highest BCUT2D eigenvalue weighted by atomic mass is 32.2. The van der Waals surface area contributed by atoms with Gasteiger partial charge in [-0.2, -0.15) is 0 Å². The zero-order valence-corrected chi connectivity index (χ0v) is 5.96. The second kappa shape index (κ2) is 5.12. The highest BCUT2D eigenvalue weighted by molar-refractivity contribution is 8.13. The smallest absolute Gasteiger partial charge is 0.190 e. The van der Waals surface area contributed by atoms with Gasteiger partial charge in [-0.05, 0) is 0 Å². The highest BCUT2D eigenvalue weighted by Gasteiger charge is 1.94. The van der Waals surface area contributed by atoms with Gasteiger partial charge in [0.15, 0.2) is 5.12 Å². The Balaban J connectivity index is 2.99. The molecule has 0 fully saturated rings. The van der Waals surface area contributed by atoms with E-state index in [-0.39, 0.29) is 5.12 Å². The van der Waals surface area contributed by atoms with Gasteiger partial charge in [0.05, 0.1) is 5.94 Å². The van der Waals surface area contributed by atoms with Gasteiger partial charge in [0.1, 0.15) is 0 Å². The van der Waals surface area contributed by atoms with Crippen molar-refractivity contribution in [2.75, 3.05) is 13.0 Å². The Bertz CT molecular complexity index is 72.8. The molecule has 0 aliphatic heterocycles. The van der Waals surface area contributed by atoms with E-state index in [1.165, 1.54) is 11.8 Å². The first-order valence-electron chi connectivity index (χ1n) is 2.45. The Morgan fingerprint density at radius 1 is 1.75 bits per heavy atom. The second-order valence-electron chi connectivity index (χ2n) is 1.28. The number of thioether (sulfide) groups is 1. The molecule has 0 aromatic heterocycles. The van der Waals surface area contributed by atoms with Crippen LogP contribution >= 0.6 is 11.8 Å². The van der Waals surface area contributed by atoms with E-state index in [1.807, 2.05) is 6.92 Å². The standard InChI is InChI=1S/C5H10O2S/c1-3-5(6)8-4-7-2/h3-4H2,1-2H3. The number of hydrogen-bond acceptors (Lipinski definition) is 3. The predicted octanol–water partition coefficient (Wildman–Crippen LogP) is 1.26. The third-order valence-corrected chi connectivity index (χ3v) is 1.59. The Morgan fingerprint density at radius 2 is 2.38 bits per heavy atom. The minimum absolute atomic E-state index is 0.187. The molecule has 2 nitrogen and oxygen atoms in total. The van der Waals surface area contributed by atoms with Crippen LogP contribution in [0.15, 0.2) is 0 Å². The topological polar surface area (TPSA) is 26.3 Å². The van der Waals surface area contributed by atoms with Gasteiger partial charge in [0, 0.05) is 13.5 Å². The SMILES string of the molecule is CCC(=O)SCOC. The number of carbonyl (C=O) groups excluding carboxylic acids is 1. The quantitative estimate of drug-likeness (QED) is 0.543. The molecule has 0 heterocycles. The van der Waals surface area contributed by atoms with Crippen molar-refractivity contribution in [2.24, 2.45) is 0 Å². The van der Waals surface area contributed by atoms with Crippen molar-refractivity contribution in [3.8, 4) is 0 Å². The average molecular weight is 134 g/mol. The summed E-state index contributed by atoms with van der Waals surface area (Å²) >= 11 is 1.22. The fourth-order valence-electron chi connectivity index (χ4n) is 0.227. The van der Waals surface area contributed by atoms with Crippen LogP contribution in [0.25, 0.3) is 0 Å². The molecule has 0 radical (unpaired) electrons. The van der Waals surface area contributed by atoms with Crippen LogP contribution in [0.5, 0.6) is 0 Å². The molecule has 0 bridgehead atoms. The minimum Gasteiger partial charge on any atom is -0.374 e. The van der Waals surface area contributed by atoms with E-state index in [4.69, 9.17) is 0 Å². The summed E-state index contributed by atoms with van der Waals surface area (Å²) in [7, 11) is 1.58. The third kappa shape index (κ3) is 4.15. The summed E-state index contributed by atoms with van der Waals surface area (Å²) < 4.78 is 4.66. The molecule has 3 heteroatoms. The first-order valence-corrected chi connectivity index (χ1v) is 3.44. The van der Waals surface area contributed by atoms with Crippen LogP contribution in [0, 0.1) is 0 Å². The first-order chi connectivity index (χ1) is 3.81. The molecule has 0 rings (SSSR count). The van der Waals surface area contributed by atoms with Crippen LogP contribution < -0.4 is 0 Å². The molecule has 0 atom stereocenters. The lowest BCUT2D eigenvalue weighted by atomic mass is 10.6. The zero-order valence-electron chi connectivity index (χ0n) is 5.14. The van der Waals surface area contributed by atoms with Crippen molar-refractivity contribution < 1.29 is 9.53 Å². The van der Waals surface area contributed by atoms with Crippen LogP contribution in [0.3, 0.4) is 0 Å². The highest BCUT2D eigenvalue weighted by Crippen LogP contribution is 2.02. The predicted molar refractivity (Wildman–Crippen MR) is 34.8 cm³/mol. The van der Waals surface area contributed by atoms with Gasteiger partial charge in [-0.15, -0.1) is 0 Å². The summed E-state index contributed by atoms with van der Waals surface area (Å²) in [5.41, 5.74) is 0. The number of ether oxygens (including phenoxy) is 1. The van der Waals surface area contributed by atoms with Crippen LogP contribution in [0.4, 0.5) is 0 Å². The van der Waals surface area contributed by atoms with Gasteiger partial charge in [0.25, 0.3) is 0 Å². The Morgan fingerprint density at radius 3 is 2.75 bits per heavy atom. The van der Waals surface area contributed by atoms with Crippen LogP contribution in [0.2, 0.25) is 0 Å². The summed E-state index contributed by atoms with van der Waals surface area (Å²) in [5, 5.41) is 0.187. The number of hydrogen-bond donors (Lipinski definition) is 0. The molecule has 0 amide bonds. The van der Waals surface area contributed by atoms with E-state index in [1.54, 1.807) is 7.11 Å². The summed E-state index contributed by atoms with van der Waals surface area (Å²) in [6.45, 7) is 1.84. The first kappa shape index (κ1) is 7.98. The van der Waals surface area contributed by atoms with Crippen molar-refractivity contribution in [2.45, 2.75) is 13.3 Å². The lowest BCUT2D eigenvalue weighted by Gasteiger charge is -1.92. The van der Waals surface area contributed by atoms with E-state index in [0.717, 1.165) is 0 Å². The maximum atomic E-state index is 10.5. The van der Waals surface area contributed by atoms with Gasteiger partial charge < -0.3 is 4.74 Å². The molecule has 8 heavy (non-hydrogen) atoms. The van der Waals surface area contributed by atoms with E-state index in [2.05, 4.69) is 4.74 Å². The second-order valence-corrected chi connectivity index (χ2v) is 2.26. The van der Waals surface area contributed by atoms with Crippen molar-refractivity contribution in [1.29, 1.82) is 0 Å². The van der Waals surface area contributed by atoms with Crippen molar-refractivity contribution in [1.82, 2.24) is 0 Å². The molecule has 0 aliphatic rings. The molecule has 0 saturated carbocycles. The lowest BCUT2D eigenvalue weighted by molar-refractivity contribution is -0.110. The third-order valence-electron chi connectivity index (χ3n) is 0.626. The molecule has 0 unspecified atom stereocenters. The number of rotatable bonds is 3. The molecular formula is C5H10O2S. The maximum absolute atomic E-state index is 10.5. The van der Waals surface area contributed by atoms with Crippen molar-refractivity contribution in [3.63, 3.8) is 0 Å². The lowest BCUT2D eigenvalue weighted by Crippen LogP contribution is -1.90. The Kier molecular flexibility index (Phi) is 5.11. The van der Waals surface area contributed by atoms with Crippen LogP contribution in [-0.4, -0.2) is 18.2 Å². The largest absolute Gasteiger partial charge is 0.374 e. The monoisotopic (exact) mass is 134 g/mol. The fourth-order valence-corrected chi connectivity index (χ4v) is 0.680. The summed E-state index contributed by atoms with van der Waals surface area (Å²) in [6, 6.07) is 0. The van der Waals surface area contributed by atoms with E-state index < -0.39 is 0 Å². The number of carbonyl (C=O) groups is 1. The summed E-state index contributed by atoms with van der Waals surface area (Å²) in [6.07, 6.45) is 0.591. The van der Waals surface area contributed by atoms with Crippen molar-refractivity contribution >= 4 is 16.9 Å². The summed E-state index contributed by atoms with van der Waals surface area (Å²) in [5.74, 6) is 0.479. The van der Waals surface area contributed by atoms with Gasteiger partial charge in [-0.25, -0.2) is 0 Å². The van der Waals surface area contributed by atoms with Crippen molar-refractivity contribution in [3.05, 3.63) is 0 Å². The Hall–Kier alpha value is -0.0200. The molecule has 0 aliphatic carbocycles. The summed E-state index contributed by atoms with van der Waals surface area (Å²) in [4.78, 5) is 10.5. The van der Waals surface area contributed by atoms with Crippen LogP contribution in [0.1, 0.15) is 13.3 Å². The Labute approximate surface area is 53.6 Å². The van der Waals surface area contributed by atoms with E-state index in [0.29, 0.717) is 12.4 Å². The average Bonchev–Trinajstić information content (AvgIpc) is 1.83. The van der Waals surface area contributed by atoms with Gasteiger partial charge in [0.2, 0.25) is 0 Å². The number of methoxy groups -OCH3 is 1. The minimum atomic E-state index is 0.187. The normalized spacial score (nSPS) is 9.25. The van der Waals surface area contributed by atoms with Gasteiger partial charge >= 0.3 is 0 Å². The van der Waals surface area contributed by atoms with Crippen LogP contribution in [-0.2, 0) is 9.53 Å². The van der Waals surface area contributed by atoms with Gasteiger partial charge in [-0.3, -0.25) is 4.79 Å². The zero-order chi connectivity index (χ0) is 6.41. The van der Waals surface area contributed by atoms with E-state index in [9.17, 15) is 4.79 Å². The maximum Gasteiger partial charge on any atom is 0.190 e. The molecule has 0 saturated heterocycles. The molecule has 0 aromatic carbocycles. The van der Waals surface area contributed by atoms with Gasteiger partial charge in [-0.1, -0.05) is 18.7 Å². The molecule has 0 aromatic rings. The molecule has 48 valence electrons. The fraction of sp³-hybridized carbons (Fsp3) is 0.800. The molecule has 0 spiro atoms. The molecular weight excluding hydrogens is 124 g/mol. The molecule has 0 N–H and O–H groups in total. The van der Waals surface area contributed by atoms with E-state index >= 15 is 0 Å².